The van der Waals surface area contributed by atoms with Gasteiger partial charge in [0.2, 0.25) is 11.8 Å². The summed E-state index contributed by atoms with van der Waals surface area (Å²) in [4.78, 5) is 19.0. The molecule has 0 unspecified atom stereocenters. The summed E-state index contributed by atoms with van der Waals surface area (Å²) in [5, 5.41) is 0. The molecule has 0 radical (unpaired) electrons. The largest absolute Gasteiger partial charge is 0.470 e. The van der Waals surface area contributed by atoms with E-state index in [1.165, 1.54) is 6.33 Å². The van der Waals surface area contributed by atoms with Crippen molar-refractivity contribution in [2.75, 3.05) is 5.73 Å². The number of imidazole rings is 2. The molecule has 0 fully saturated rings. The lowest BCUT2D eigenvalue weighted by atomic mass is 10.5. The standard InChI is InChI=1S/C10H11N7O/c1-17-5-12-2-6(17)3-18-9-7-8(14-4-13-7)15-10(11)16-9/h2,4-5H,3H2,1H3,(H3,11,13,14,15,16). The Bertz CT molecular complexity index is 686. The first-order valence-corrected chi connectivity index (χ1v) is 5.28. The Hall–Kier alpha value is -2.64. The van der Waals surface area contributed by atoms with Gasteiger partial charge in [-0.1, -0.05) is 0 Å². The van der Waals surface area contributed by atoms with Crippen molar-refractivity contribution in [3.8, 4) is 5.88 Å². The topological polar surface area (TPSA) is 108 Å². The fourth-order valence-corrected chi connectivity index (χ4v) is 1.59. The fourth-order valence-electron chi connectivity index (χ4n) is 1.59. The van der Waals surface area contributed by atoms with E-state index in [9.17, 15) is 0 Å². The zero-order chi connectivity index (χ0) is 12.5. The summed E-state index contributed by atoms with van der Waals surface area (Å²) < 4.78 is 7.49. The van der Waals surface area contributed by atoms with Crippen LogP contribution >= 0.6 is 0 Å². The molecule has 92 valence electrons. The van der Waals surface area contributed by atoms with E-state index in [2.05, 4.69) is 24.9 Å². The van der Waals surface area contributed by atoms with Gasteiger partial charge in [0.05, 0.1) is 24.5 Å². The van der Waals surface area contributed by atoms with Crippen LogP contribution in [0.4, 0.5) is 5.95 Å². The van der Waals surface area contributed by atoms with E-state index in [1.807, 2.05) is 11.6 Å². The Morgan fingerprint density at radius 2 is 2.33 bits per heavy atom. The number of anilines is 1. The van der Waals surface area contributed by atoms with E-state index in [-0.39, 0.29) is 5.95 Å². The van der Waals surface area contributed by atoms with Crippen LogP contribution in [-0.4, -0.2) is 29.5 Å². The van der Waals surface area contributed by atoms with Crippen LogP contribution in [0, 0.1) is 0 Å². The number of nitrogens with two attached hydrogens (primary N) is 1. The SMILES string of the molecule is Cn1cncc1COc1nc(N)nc2nc[nH]c12. The molecule has 0 amide bonds. The zero-order valence-electron chi connectivity index (χ0n) is 9.66. The first-order valence-electron chi connectivity index (χ1n) is 5.28. The number of aromatic amines is 1. The van der Waals surface area contributed by atoms with E-state index in [0.29, 0.717) is 23.7 Å². The first kappa shape index (κ1) is 10.5. The third-order valence-corrected chi connectivity index (χ3v) is 2.54. The van der Waals surface area contributed by atoms with Crippen LogP contribution in [-0.2, 0) is 13.7 Å². The normalized spacial score (nSPS) is 10.9. The maximum absolute atomic E-state index is 5.62. The van der Waals surface area contributed by atoms with Crippen LogP contribution in [0.15, 0.2) is 18.9 Å². The van der Waals surface area contributed by atoms with Gasteiger partial charge in [-0.25, -0.2) is 9.97 Å². The average molecular weight is 245 g/mol. The molecule has 3 heterocycles. The molecular formula is C10H11N7O. The highest BCUT2D eigenvalue weighted by Gasteiger charge is 2.10. The molecule has 0 saturated heterocycles. The van der Waals surface area contributed by atoms with Gasteiger partial charge in [-0.3, -0.25) is 0 Å². The van der Waals surface area contributed by atoms with Gasteiger partial charge in [0.25, 0.3) is 0 Å². The number of rotatable bonds is 3. The second-order valence-electron chi connectivity index (χ2n) is 3.77. The van der Waals surface area contributed by atoms with Crippen LogP contribution < -0.4 is 10.5 Å². The minimum Gasteiger partial charge on any atom is -0.470 e. The van der Waals surface area contributed by atoms with Crippen molar-refractivity contribution in [3.63, 3.8) is 0 Å². The zero-order valence-corrected chi connectivity index (χ0v) is 9.66. The summed E-state index contributed by atoms with van der Waals surface area (Å²) in [6.45, 7) is 0.348. The van der Waals surface area contributed by atoms with Gasteiger partial charge in [-0.05, 0) is 0 Å². The monoisotopic (exact) mass is 245 g/mol. The Morgan fingerprint density at radius 3 is 3.11 bits per heavy atom. The van der Waals surface area contributed by atoms with E-state index < -0.39 is 0 Å². The molecule has 0 aromatic carbocycles. The third-order valence-electron chi connectivity index (χ3n) is 2.54. The number of hydrogen-bond acceptors (Lipinski definition) is 6. The molecular weight excluding hydrogens is 234 g/mol. The molecule has 3 aromatic rings. The molecule has 0 spiro atoms. The lowest BCUT2D eigenvalue weighted by Gasteiger charge is -2.06. The van der Waals surface area contributed by atoms with Gasteiger partial charge in [-0.15, -0.1) is 0 Å². The molecule has 0 aliphatic heterocycles. The third kappa shape index (κ3) is 1.73. The molecule has 3 rings (SSSR count). The molecule has 8 nitrogen and oxygen atoms in total. The number of hydrogen-bond donors (Lipinski definition) is 2. The van der Waals surface area contributed by atoms with Crippen molar-refractivity contribution < 1.29 is 4.74 Å². The quantitative estimate of drug-likeness (QED) is 0.684. The predicted molar refractivity (Wildman–Crippen MR) is 63.6 cm³/mol. The lowest BCUT2D eigenvalue weighted by Crippen LogP contribution is -2.04. The molecule has 3 N–H and O–H groups in total. The molecule has 0 atom stereocenters. The Kier molecular flexibility index (Phi) is 2.33. The summed E-state index contributed by atoms with van der Waals surface area (Å²) in [6.07, 6.45) is 4.96. The number of aromatic nitrogens is 6. The highest BCUT2D eigenvalue weighted by atomic mass is 16.5. The maximum atomic E-state index is 5.62. The molecule has 0 aliphatic carbocycles. The fraction of sp³-hybridized carbons (Fsp3) is 0.200. The molecule has 18 heavy (non-hydrogen) atoms. The molecule has 3 aromatic heterocycles. The maximum Gasteiger partial charge on any atom is 0.245 e. The highest BCUT2D eigenvalue weighted by Crippen LogP contribution is 2.20. The van der Waals surface area contributed by atoms with E-state index in [0.717, 1.165) is 5.69 Å². The summed E-state index contributed by atoms with van der Waals surface area (Å²) in [6, 6.07) is 0. The molecule has 0 bridgehead atoms. The van der Waals surface area contributed by atoms with Crippen LogP contribution in [0.1, 0.15) is 5.69 Å². The highest BCUT2D eigenvalue weighted by molar-refractivity contribution is 5.76. The number of nitrogen functional groups attached to an aromatic ring is 1. The number of nitrogens with zero attached hydrogens (tertiary/aromatic N) is 5. The van der Waals surface area contributed by atoms with E-state index in [1.54, 1.807) is 12.5 Å². The summed E-state index contributed by atoms with van der Waals surface area (Å²) in [7, 11) is 1.89. The second-order valence-corrected chi connectivity index (χ2v) is 3.77. The lowest BCUT2D eigenvalue weighted by molar-refractivity contribution is 0.289. The van der Waals surface area contributed by atoms with Crippen molar-refractivity contribution in [1.82, 2.24) is 29.5 Å². The van der Waals surface area contributed by atoms with Crippen LogP contribution in [0.25, 0.3) is 11.2 Å². The smallest absolute Gasteiger partial charge is 0.245 e. The van der Waals surface area contributed by atoms with Crippen LogP contribution in [0.5, 0.6) is 5.88 Å². The van der Waals surface area contributed by atoms with Gasteiger partial charge in [0.15, 0.2) is 5.65 Å². The first-order chi connectivity index (χ1) is 8.74. The molecule has 0 saturated carbocycles. The van der Waals surface area contributed by atoms with Crippen molar-refractivity contribution >= 4 is 17.1 Å². The summed E-state index contributed by atoms with van der Waals surface area (Å²) >= 11 is 0. The van der Waals surface area contributed by atoms with Crippen molar-refractivity contribution in [1.29, 1.82) is 0 Å². The van der Waals surface area contributed by atoms with Gasteiger partial charge in [-0.2, -0.15) is 9.97 Å². The number of ether oxygens (including phenoxy) is 1. The van der Waals surface area contributed by atoms with Gasteiger partial charge >= 0.3 is 0 Å². The van der Waals surface area contributed by atoms with Crippen LogP contribution in [0.2, 0.25) is 0 Å². The number of aryl methyl sites for hydroxylation is 1. The Morgan fingerprint density at radius 1 is 1.44 bits per heavy atom. The number of fused-ring (bicyclic) bond motifs is 1. The van der Waals surface area contributed by atoms with Gasteiger partial charge in [0.1, 0.15) is 12.1 Å². The minimum absolute atomic E-state index is 0.134. The van der Waals surface area contributed by atoms with Crippen LogP contribution in [0.3, 0.4) is 0 Å². The summed E-state index contributed by atoms with van der Waals surface area (Å²) in [5.74, 6) is 0.519. The number of nitrogens with one attached hydrogen (secondary N) is 1. The molecule has 0 aliphatic rings. The van der Waals surface area contributed by atoms with Crippen molar-refractivity contribution in [3.05, 3.63) is 24.5 Å². The predicted octanol–water partition coefficient (Wildman–Crippen LogP) is 0.248. The van der Waals surface area contributed by atoms with E-state index >= 15 is 0 Å². The van der Waals surface area contributed by atoms with Gasteiger partial charge < -0.3 is 20.0 Å². The van der Waals surface area contributed by atoms with Crippen molar-refractivity contribution in [2.24, 2.45) is 7.05 Å². The van der Waals surface area contributed by atoms with E-state index in [4.69, 9.17) is 10.5 Å². The Labute approximate surface area is 102 Å². The van der Waals surface area contributed by atoms with Crippen molar-refractivity contribution in [2.45, 2.75) is 6.61 Å². The average Bonchev–Trinajstić information content (AvgIpc) is 2.94. The second kappa shape index (κ2) is 3.99. The summed E-state index contributed by atoms with van der Waals surface area (Å²) in [5.41, 5.74) is 7.64. The minimum atomic E-state index is 0.134. The molecule has 8 heteroatoms. The number of H-pyrrole nitrogens is 1. The van der Waals surface area contributed by atoms with Gasteiger partial charge in [0, 0.05) is 7.05 Å². The Balaban J connectivity index is 1.90.